The van der Waals surface area contributed by atoms with Crippen molar-refractivity contribution in [1.82, 2.24) is 4.90 Å². The van der Waals surface area contributed by atoms with E-state index in [0.717, 1.165) is 11.1 Å². The molecule has 2 rings (SSSR count). The van der Waals surface area contributed by atoms with Gasteiger partial charge in [-0.2, -0.15) is 0 Å². The lowest BCUT2D eigenvalue weighted by Crippen LogP contribution is -2.51. The van der Waals surface area contributed by atoms with Crippen LogP contribution in [0.3, 0.4) is 0 Å². The van der Waals surface area contributed by atoms with E-state index in [0.29, 0.717) is 6.61 Å². The first-order valence-electron chi connectivity index (χ1n) is 9.21. The third-order valence-electron chi connectivity index (χ3n) is 3.92. The van der Waals surface area contributed by atoms with Crippen molar-refractivity contribution in [3.63, 3.8) is 0 Å². The summed E-state index contributed by atoms with van der Waals surface area (Å²) in [5, 5.41) is 0. The summed E-state index contributed by atoms with van der Waals surface area (Å²) in [6, 6.07) is 18.0. The minimum Gasteiger partial charge on any atom is -0.444 e. The number of ether oxygens (including phenoxy) is 2. The molecule has 2 amide bonds. The number of carbonyl (C=O) groups is 2. The second-order valence-corrected chi connectivity index (χ2v) is 7.51. The van der Waals surface area contributed by atoms with E-state index < -0.39 is 23.6 Å². The van der Waals surface area contributed by atoms with Gasteiger partial charge in [-0.3, -0.25) is 9.69 Å². The van der Waals surface area contributed by atoms with Crippen LogP contribution in [0.1, 0.15) is 31.9 Å². The smallest absolute Gasteiger partial charge is 0.411 e. The number of nitrogens with two attached hydrogens (primary N) is 1. The molecular formula is C22H28N2O4. The van der Waals surface area contributed by atoms with E-state index in [4.69, 9.17) is 15.2 Å². The largest absolute Gasteiger partial charge is 0.444 e. The fraction of sp³-hybridized carbons (Fsp3) is 0.364. The van der Waals surface area contributed by atoms with Crippen molar-refractivity contribution in [1.29, 1.82) is 0 Å². The van der Waals surface area contributed by atoms with Gasteiger partial charge in [-0.05, 0) is 31.9 Å². The highest BCUT2D eigenvalue weighted by molar-refractivity contribution is 5.84. The minimum atomic E-state index is -0.946. The van der Waals surface area contributed by atoms with E-state index >= 15 is 0 Å². The van der Waals surface area contributed by atoms with E-state index in [1.165, 1.54) is 4.90 Å². The molecule has 1 atom stereocenters. The average molecular weight is 384 g/mol. The number of amides is 2. The van der Waals surface area contributed by atoms with Crippen LogP contribution in [0.2, 0.25) is 0 Å². The van der Waals surface area contributed by atoms with Crippen LogP contribution in [-0.4, -0.2) is 35.2 Å². The summed E-state index contributed by atoms with van der Waals surface area (Å²) < 4.78 is 11.2. The highest BCUT2D eigenvalue weighted by Gasteiger charge is 2.32. The van der Waals surface area contributed by atoms with Gasteiger partial charge < -0.3 is 15.2 Å². The fourth-order valence-electron chi connectivity index (χ4n) is 2.59. The summed E-state index contributed by atoms with van der Waals surface area (Å²) in [7, 11) is 0. The molecule has 2 aromatic carbocycles. The quantitative estimate of drug-likeness (QED) is 0.755. The maximum atomic E-state index is 12.8. The number of carbonyl (C=O) groups excluding carboxylic acids is 2. The first kappa shape index (κ1) is 21.4. The minimum absolute atomic E-state index is 0.0176. The van der Waals surface area contributed by atoms with Crippen LogP contribution < -0.4 is 5.73 Å². The third-order valence-corrected chi connectivity index (χ3v) is 3.92. The summed E-state index contributed by atoms with van der Waals surface area (Å²) >= 11 is 0. The van der Waals surface area contributed by atoms with Gasteiger partial charge in [-0.15, -0.1) is 0 Å². The molecule has 0 aliphatic carbocycles. The molecule has 2 aromatic rings. The molecule has 28 heavy (non-hydrogen) atoms. The Hall–Kier alpha value is -2.86. The summed E-state index contributed by atoms with van der Waals surface area (Å²) in [6.45, 7) is 5.82. The Labute approximate surface area is 166 Å². The highest BCUT2D eigenvalue weighted by atomic mass is 16.6. The Morgan fingerprint density at radius 3 is 2.00 bits per heavy atom. The number of nitrogens with zero attached hydrogens (tertiary/aromatic N) is 1. The first-order valence-corrected chi connectivity index (χ1v) is 9.21. The molecule has 6 heteroatoms. The van der Waals surface area contributed by atoms with E-state index in [-0.39, 0.29) is 13.2 Å². The summed E-state index contributed by atoms with van der Waals surface area (Å²) in [4.78, 5) is 26.2. The van der Waals surface area contributed by atoms with E-state index in [1.54, 1.807) is 20.8 Å². The molecule has 0 aliphatic rings. The van der Waals surface area contributed by atoms with Gasteiger partial charge in [0.05, 0.1) is 13.2 Å². The van der Waals surface area contributed by atoms with Gasteiger partial charge in [0.25, 0.3) is 0 Å². The zero-order valence-electron chi connectivity index (χ0n) is 16.6. The molecule has 6 nitrogen and oxygen atoms in total. The molecule has 0 bridgehead atoms. The van der Waals surface area contributed by atoms with Crippen LogP contribution in [-0.2, 0) is 27.4 Å². The molecule has 2 N–H and O–H groups in total. The number of primary amides is 1. The monoisotopic (exact) mass is 384 g/mol. The van der Waals surface area contributed by atoms with E-state index in [2.05, 4.69) is 0 Å². The van der Waals surface area contributed by atoms with Crippen LogP contribution in [0.5, 0.6) is 0 Å². The van der Waals surface area contributed by atoms with Crippen LogP contribution >= 0.6 is 0 Å². The summed E-state index contributed by atoms with van der Waals surface area (Å²) in [6.07, 6.45) is -0.608. The predicted molar refractivity (Wildman–Crippen MR) is 107 cm³/mol. The van der Waals surface area contributed by atoms with Crippen LogP contribution in [0.4, 0.5) is 4.79 Å². The zero-order valence-corrected chi connectivity index (χ0v) is 16.6. The Bertz CT molecular complexity index is 757. The van der Waals surface area contributed by atoms with E-state index in [1.807, 2.05) is 60.7 Å². The molecule has 0 unspecified atom stereocenters. The maximum Gasteiger partial charge on any atom is 0.411 e. The molecule has 0 fully saturated rings. The number of rotatable bonds is 8. The molecule has 150 valence electrons. The second kappa shape index (κ2) is 9.90. The van der Waals surface area contributed by atoms with Crippen molar-refractivity contribution in [3.8, 4) is 0 Å². The number of hydrogen-bond donors (Lipinski definition) is 1. The molecule has 0 aliphatic heterocycles. The Balaban J connectivity index is 2.15. The van der Waals surface area contributed by atoms with Crippen molar-refractivity contribution in [2.24, 2.45) is 5.73 Å². The standard InChI is InChI=1S/C22H28N2O4/c1-22(2,3)28-21(26)24(14-17-10-6-4-7-11-17)19(20(23)25)16-27-15-18-12-8-5-9-13-18/h4-13,19H,14-16H2,1-3H3,(H2,23,25)/t19-/m1/s1. The Morgan fingerprint density at radius 1 is 0.964 bits per heavy atom. The van der Waals surface area contributed by atoms with Crippen LogP contribution in [0.15, 0.2) is 60.7 Å². The van der Waals surface area contributed by atoms with Crippen molar-refractivity contribution in [3.05, 3.63) is 71.8 Å². The number of hydrogen-bond acceptors (Lipinski definition) is 4. The molecule has 0 radical (unpaired) electrons. The topological polar surface area (TPSA) is 81.9 Å². The predicted octanol–water partition coefficient (Wildman–Crippen LogP) is 3.49. The molecule has 0 aromatic heterocycles. The zero-order chi connectivity index (χ0) is 20.6. The molecular weight excluding hydrogens is 356 g/mol. The lowest BCUT2D eigenvalue weighted by molar-refractivity contribution is -0.126. The average Bonchev–Trinajstić information content (AvgIpc) is 2.64. The van der Waals surface area contributed by atoms with Gasteiger partial charge >= 0.3 is 6.09 Å². The van der Waals surface area contributed by atoms with E-state index in [9.17, 15) is 9.59 Å². The summed E-state index contributed by atoms with van der Waals surface area (Å²) in [5.74, 6) is -0.644. The Morgan fingerprint density at radius 2 is 1.50 bits per heavy atom. The normalized spacial score (nSPS) is 12.2. The van der Waals surface area contributed by atoms with Gasteiger partial charge in [0.2, 0.25) is 5.91 Å². The highest BCUT2D eigenvalue weighted by Crippen LogP contribution is 2.16. The van der Waals surface area contributed by atoms with Crippen LogP contribution in [0, 0.1) is 0 Å². The summed E-state index contributed by atoms with van der Waals surface area (Å²) in [5.41, 5.74) is 6.74. The Kier molecular flexibility index (Phi) is 7.58. The second-order valence-electron chi connectivity index (χ2n) is 7.51. The fourth-order valence-corrected chi connectivity index (χ4v) is 2.59. The molecule has 0 saturated carbocycles. The molecule has 0 saturated heterocycles. The molecule has 0 spiro atoms. The van der Waals surface area contributed by atoms with Gasteiger partial charge in [-0.1, -0.05) is 60.7 Å². The van der Waals surface area contributed by atoms with Crippen molar-refractivity contribution in [2.75, 3.05) is 6.61 Å². The van der Waals surface area contributed by atoms with Gasteiger partial charge in [0, 0.05) is 6.54 Å². The van der Waals surface area contributed by atoms with Crippen molar-refractivity contribution < 1.29 is 19.1 Å². The third kappa shape index (κ3) is 7.04. The lowest BCUT2D eigenvalue weighted by Gasteiger charge is -2.32. The SMILES string of the molecule is CC(C)(C)OC(=O)N(Cc1ccccc1)[C@H](COCc1ccccc1)C(N)=O. The number of benzene rings is 2. The van der Waals surface area contributed by atoms with Gasteiger partial charge in [0.1, 0.15) is 11.6 Å². The first-order chi connectivity index (χ1) is 13.3. The van der Waals surface area contributed by atoms with Crippen molar-refractivity contribution in [2.45, 2.75) is 45.6 Å². The van der Waals surface area contributed by atoms with Crippen molar-refractivity contribution >= 4 is 12.0 Å². The lowest BCUT2D eigenvalue weighted by atomic mass is 10.1. The van der Waals surface area contributed by atoms with Gasteiger partial charge in [0.15, 0.2) is 0 Å². The van der Waals surface area contributed by atoms with Crippen LogP contribution in [0.25, 0.3) is 0 Å². The van der Waals surface area contributed by atoms with Gasteiger partial charge in [-0.25, -0.2) is 4.79 Å². The molecule has 0 heterocycles. The maximum absolute atomic E-state index is 12.8.